The number of benzene rings is 1. The number of aliphatic carboxylic acids is 1. The van der Waals surface area contributed by atoms with Crippen molar-refractivity contribution in [3.8, 4) is 12.3 Å². The SMILES string of the molecule is C#CCCCNCc1ccc(CC(=O)O)cc1. The third-order valence-electron chi connectivity index (χ3n) is 2.38. The van der Waals surface area contributed by atoms with E-state index in [1.165, 1.54) is 0 Å². The number of carbonyl (C=O) groups is 1. The first-order valence-corrected chi connectivity index (χ1v) is 5.66. The van der Waals surface area contributed by atoms with Crippen LogP contribution in [0, 0.1) is 12.3 Å². The van der Waals surface area contributed by atoms with Crippen LogP contribution in [0.4, 0.5) is 0 Å². The van der Waals surface area contributed by atoms with Gasteiger partial charge in [-0.25, -0.2) is 0 Å². The summed E-state index contributed by atoms with van der Waals surface area (Å²) in [7, 11) is 0. The summed E-state index contributed by atoms with van der Waals surface area (Å²) in [6.45, 7) is 1.69. The van der Waals surface area contributed by atoms with Crippen molar-refractivity contribution in [3.05, 3.63) is 35.4 Å². The zero-order chi connectivity index (χ0) is 12.5. The van der Waals surface area contributed by atoms with Crippen LogP contribution in [0.25, 0.3) is 0 Å². The van der Waals surface area contributed by atoms with Gasteiger partial charge in [0.2, 0.25) is 0 Å². The molecule has 17 heavy (non-hydrogen) atoms. The standard InChI is InChI=1S/C14H17NO2/c1-2-3-4-9-15-11-13-7-5-12(6-8-13)10-14(16)17/h1,5-8,15H,3-4,9-11H2,(H,16,17). The lowest BCUT2D eigenvalue weighted by Crippen LogP contribution is -2.14. The number of hydrogen-bond acceptors (Lipinski definition) is 2. The highest BCUT2D eigenvalue weighted by molar-refractivity contribution is 5.70. The summed E-state index contributed by atoms with van der Waals surface area (Å²) in [6.07, 6.45) is 7.01. The van der Waals surface area contributed by atoms with E-state index in [1.54, 1.807) is 0 Å². The van der Waals surface area contributed by atoms with E-state index in [0.717, 1.165) is 37.1 Å². The molecule has 0 atom stereocenters. The number of hydrogen-bond donors (Lipinski definition) is 2. The summed E-state index contributed by atoms with van der Waals surface area (Å²) in [4.78, 5) is 10.5. The maximum atomic E-state index is 10.5. The second-order valence-electron chi connectivity index (χ2n) is 3.87. The Labute approximate surface area is 102 Å². The van der Waals surface area contributed by atoms with Gasteiger partial charge in [0.15, 0.2) is 0 Å². The van der Waals surface area contributed by atoms with Crippen LogP contribution in [0.15, 0.2) is 24.3 Å². The topological polar surface area (TPSA) is 49.3 Å². The molecule has 90 valence electrons. The van der Waals surface area contributed by atoms with E-state index in [2.05, 4.69) is 11.2 Å². The van der Waals surface area contributed by atoms with Gasteiger partial charge in [0.05, 0.1) is 6.42 Å². The van der Waals surface area contributed by atoms with E-state index in [9.17, 15) is 4.79 Å². The number of carboxylic acids is 1. The molecule has 0 saturated carbocycles. The third kappa shape index (κ3) is 5.74. The van der Waals surface area contributed by atoms with Crippen LogP contribution >= 0.6 is 0 Å². The van der Waals surface area contributed by atoms with E-state index in [0.29, 0.717) is 0 Å². The van der Waals surface area contributed by atoms with Crippen LogP contribution in [0.1, 0.15) is 24.0 Å². The van der Waals surface area contributed by atoms with Crippen molar-refractivity contribution in [3.63, 3.8) is 0 Å². The van der Waals surface area contributed by atoms with Crippen LogP contribution < -0.4 is 5.32 Å². The zero-order valence-corrected chi connectivity index (χ0v) is 9.78. The van der Waals surface area contributed by atoms with E-state index >= 15 is 0 Å². The summed E-state index contributed by atoms with van der Waals surface area (Å²) in [6, 6.07) is 7.61. The average molecular weight is 231 g/mol. The monoisotopic (exact) mass is 231 g/mol. The minimum atomic E-state index is -0.801. The lowest BCUT2D eigenvalue weighted by atomic mass is 10.1. The Kier molecular flexibility index (Phi) is 5.84. The van der Waals surface area contributed by atoms with Crippen LogP contribution in [-0.2, 0) is 17.8 Å². The molecule has 0 radical (unpaired) electrons. The van der Waals surface area contributed by atoms with Crippen molar-refractivity contribution in [2.24, 2.45) is 0 Å². The molecule has 0 amide bonds. The minimum Gasteiger partial charge on any atom is -0.481 e. The molecule has 0 aliphatic heterocycles. The smallest absolute Gasteiger partial charge is 0.307 e. The highest BCUT2D eigenvalue weighted by Crippen LogP contribution is 2.05. The van der Waals surface area contributed by atoms with Gasteiger partial charge in [-0.15, -0.1) is 12.3 Å². The Bertz CT molecular complexity index is 390. The van der Waals surface area contributed by atoms with E-state index in [1.807, 2.05) is 24.3 Å². The summed E-state index contributed by atoms with van der Waals surface area (Å²) < 4.78 is 0. The van der Waals surface area contributed by atoms with Gasteiger partial charge in [-0.2, -0.15) is 0 Å². The molecule has 1 aromatic rings. The van der Waals surface area contributed by atoms with Gasteiger partial charge in [0, 0.05) is 13.0 Å². The molecule has 3 heteroatoms. The minimum absolute atomic E-state index is 0.0792. The molecule has 0 fully saturated rings. The molecule has 1 rings (SSSR count). The largest absolute Gasteiger partial charge is 0.481 e. The summed E-state index contributed by atoms with van der Waals surface area (Å²) in [5.41, 5.74) is 1.98. The number of terminal acetylenes is 1. The average Bonchev–Trinajstić information content (AvgIpc) is 2.30. The predicted molar refractivity (Wildman–Crippen MR) is 67.6 cm³/mol. The maximum Gasteiger partial charge on any atom is 0.307 e. The van der Waals surface area contributed by atoms with Gasteiger partial charge in [-0.1, -0.05) is 24.3 Å². The van der Waals surface area contributed by atoms with Gasteiger partial charge in [-0.05, 0) is 24.1 Å². The first-order chi connectivity index (χ1) is 8.22. The molecule has 0 aliphatic rings. The number of nitrogens with one attached hydrogen (secondary N) is 1. The summed E-state index contributed by atoms with van der Waals surface area (Å²) in [5.74, 6) is 1.80. The molecule has 0 saturated heterocycles. The summed E-state index contributed by atoms with van der Waals surface area (Å²) in [5, 5.41) is 11.9. The molecular formula is C14H17NO2. The Balaban J connectivity index is 2.30. The molecule has 2 N–H and O–H groups in total. The Morgan fingerprint density at radius 2 is 1.94 bits per heavy atom. The van der Waals surface area contributed by atoms with Crippen LogP contribution in [0.2, 0.25) is 0 Å². The highest BCUT2D eigenvalue weighted by Gasteiger charge is 1.99. The normalized spacial score (nSPS) is 9.82. The van der Waals surface area contributed by atoms with Crippen molar-refractivity contribution in [2.75, 3.05) is 6.54 Å². The second kappa shape index (κ2) is 7.48. The maximum absolute atomic E-state index is 10.5. The molecular weight excluding hydrogens is 214 g/mol. The van der Waals surface area contributed by atoms with Crippen molar-refractivity contribution >= 4 is 5.97 Å². The van der Waals surface area contributed by atoms with Gasteiger partial charge in [0.25, 0.3) is 0 Å². The molecule has 1 aromatic carbocycles. The van der Waals surface area contributed by atoms with Gasteiger partial charge >= 0.3 is 5.97 Å². The fourth-order valence-corrected chi connectivity index (χ4v) is 1.50. The van der Waals surface area contributed by atoms with Crippen molar-refractivity contribution < 1.29 is 9.90 Å². The first kappa shape index (κ1) is 13.3. The number of unbranched alkanes of at least 4 members (excludes halogenated alkanes) is 1. The van der Waals surface area contributed by atoms with Crippen molar-refractivity contribution in [1.82, 2.24) is 5.32 Å². The van der Waals surface area contributed by atoms with E-state index < -0.39 is 5.97 Å². The third-order valence-corrected chi connectivity index (χ3v) is 2.38. The Morgan fingerprint density at radius 1 is 1.29 bits per heavy atom. The van der Waals surface area contributed by atoms with E-state index in [4.69, 9.17) is 11.5 Å². The van der Waals surface area contributed by atoms with Crippen LogP contribution in [-0.4, -0.2) is 17.6 Å². The Hall–Kier alpha value is -1.79. The lowest BCUT2D eigenvalue weighted by molar-refractivity contribution is -0.136. The van der Waals surface area contributed by atoms with Gasteiger partial charge < -0.3 is 10.4 Å². The molecule has 0 aliphatic carbocycles. The number of carboxylic acid groups (broad SMARTS) is 1. The summed E-state index contributed by atoms with van der Waals surface area (Å²) >= 11 is 0. The Morgan fingerprint density at radius 3 is 2.53 bits per heavy atom. The van der Waals surface area contributed by atoms with Crippen LogP contribution in [0.5, 0.6) is 0 Å². The van der Waals surface area contributed by atoms with Crippen molar-refractivity contribution in [1.29, 1.82) is 0 Å². The number of rotatable bonds is 7. The molecule has 0 bridgehead atoms. The zero-order valence-electron chi connectivity index (χ0n) is 9.78. The molecule has 0 aromatic heterocycles. The molecule has 3 nitrogen and oxygen atoms in total. The van der Waals surface area contributed by atoms with Crippen LogP contribution in [0.3, 0.4) is 0 Å². The molecule has 0 heterocycles. The predicted octanol–water partition coefficient (Wildman–Crippen LogP) is 1.82. The van der Waals surface area contributed by atoms with Gasteiger partial charge in [0.1, 0.15) is 0 Å². The lowest BCUT2D eigenvalue weighted by Gasteiger charge is -2.04. The second-order valence-corrected chi connectivity index (χ2v) is 3.87. The molecule has 0 unspecified atom stereocenters. The van der Waals surface area contributed by atoms with E-state index in [-0.39, 0.29) is 6.42 Å². The first-order valence-electron chi connectivity index (χ1n) is 5.66. The fourth-order valence-electron chi connectivity index (χ4n) is 1.50. The van der Waals surface area contributed by atoms with Crippen molar-refractivity contribution in [2.45, 2.75) is 25.8 Å². The molecule has 0 spiro atoms. The fraction of sp³-hybridized carbons (Fsp3) is 0.357. The quantitative estimate of drug-likeness (QED) is 0.556. The van der Waals surface area contributed by atoms with Gasteiger partial charge in [-0.3, -0.25) is 4.79 Å². The highest BCUT2D eigenvalue weighted by atomic mass is 16.4.